The topological polar surface area (TPSA) is 54.7 Å². The molecule has 2 rings (SSSR count). The first-order valence-electron chi connectivity index (χ1n) is 5.60. The Kier molecular flexibility index (Phi) is 3.06. The van der Waals surface area contributed by atoms with Crippen LogP contribution >= 0.6 is 0 Å². The zero-order valence-corrected chi connectivity index (χ0v) is 9.75. The maximum atomic E-state index is 5.61. The Hall–Kier alpha value is -1.61. The normalized spacial score (nSPS) is 10.7. The van der Waals surface area contributed by atoms with Crippen molar-refractivity contribution in [1.29, 1.82) is 0 Å². The molecule has 0 saturated heterocycles. The van der Waals surface area contributed by atoms with E-state index in [9.17, 15) is 0 Å². The molecule has 0 amide bonds. The number of nitrogens with two attached hydrogens (primary N) is 1. The molecule has 0 unspecified atom stereocenters. The molecule has 0 aliphatic carbocycles. The molecule has 0 atom stereocenters. The third-order valence-electron chi connectivity index (χ3n) is 2.77. The predicted octanol–water partition coefficient (Wildman–Crippen LogP) is 2.41. The van der Waals surface area contributed by atoms with Gasteiger partial charge in [0.1, 0.15) is 5.82 Å². The number of hydrogen-bond donors (Lipinski definition) is 2. The van der Waals surface area contributed by atoms with Gasteiger partial charge in [-0.05, 0) is 18.9 Å². The molecule has 16 heavy (non-hydrogen) atoms. The number of aryl methyl sites for hydroxylation is 2. The van der Waals surface area contributed by atoms with Crippen LogP contribution < -0.4 is 5.73 Å². The Morgan fingerprint density at radius 2 is 2.06 bits per heavy atom. The van der Waals surface area contributed by atoms with Crippen molar-refractivity contribution in [3.05, 3.63) is 41.3 Å². The third kappa shape index (κ3) is 1.86. The van der Waals surface area contributed by atoms with E-state index < -0.39 is 0 Å². The standard InChI is InChI=1S/C13H17N3/c1-3-11-13(16-12(8-14)15-11)10-7-5-4-6-9(10)2/h4-7H,3,8,14H2,1-2H3,(H,15,16). The maximum Gasteiger partial charge on any atom is 0.120 e. The van der Waals surface area contributed by atoms with E-state index in [4.69, 9.17) is 5.73 Å². The molecule has 2 aromatic rings. The van der Waals surface area contributed by atoms with Gasteiger partial charge in [0.05, 0.1) is 12.2 Å². The van der Waals surface area contributed by atoms with Crippen molar-refractivity contribution in [1.82, 2.24) is 9.97 Å². The average Bonchev–Trinajstić information content (AvgIpc) is 2.72. The van der Waals surface area contributed by atoms with Crippen LogP contribution in [0.1, 0.15) is 24.0 Å². The van der Waals surface area contributed by atoms with Crippen LogP contribution in [-0.4, -0.2) is 9.97 Å². The molecule has 0 fully saturated rings. The first kappa shape index (κ1) is 10.9. The van der Waals surface area contributed by atoms with Crippen LogP contribution in [0.2, 0.25) is 0 Å². The Balaban J connectivity index is 2.54. The minimum Gasteiger partial charge on any atom is -0.344 e. The number of nitrogens with zero attached hydrogens (tertiary/aromatic N) is 1. The number of benzene rings is 1. The van der Waals surface area contributed by atoms with E-state index >= 15 is 0 Å². The van der Waals surface area contributed by atoms with Gasteiger partial charge in [-0.3, -0.25) is 0 Å². The van der Waals surface area contributed by atoms with Crippen molar-refractivity contribution >= 4 is 0 Å². The van der Waals surface area contributed by atoms with Crippen LogP contribution in [0.3, 0.4) is 0 Å². The van der Waals surface area contributed by atoms with E-state index in [1.165, 1.54) is 11.1 Å². The molecule has 1 aromatic carbocycles. The van der Waals surface area contributed by atoms with Gasteiger partial charge in [-0.15, -0.1) is 0 Å². The minimum atomic E-state index is 0.457. The van der Waals surface area contributed by atoms with E-state index in [0.717, 1.165) is 23.6 Å². The highest BCUT2D eigenvalue weighted by molar-refractivity contribution is 5.65. The van der Waals surface area contributed by atoms with Crippen LogP contribution in [-0.2, 0) is 13.0 Å². The highest BCUT2D eigenvalue weighted by Crippen LogP contribution is 2.25. The molecule has 1 heterocycles. The van der Waals surface area contributed by atoms with Crippen molar-refractivity contribution in [3.63, 3.8) is 0 Å². The van der Waals surface area contributed by atoms with Crippen molar-refractivity contribution in [2.45, 2.75) is 26.8 Å². The summed E-state index contributed by atoms with van der Waals surface area (Å²) >= 11 is 0. The van der Waals surface area contributed by atoms with Gasteiger partial charge in [-0.2, -0.15) is 0 Å². The van der Waals surface area contributed by atoms with Crippen LogP contribution in [0.5, 0.6) is 0 Å². The minimum absolute atomic E-state index is 0.457. The fraction of sp³-hybridized carbons (Fsp3) is 0.308. The number of imidazole rings is 1. The van der Waals surface area contributed by atoms with Crippen molar-refractivity contribution in [2.75, 3.05) is 0 Å². The van der Waals surface area contributed by atoms with Gasteiger partial charge in [-0.25, -0.2) is 4.98 Å². The number of aromatic amines is 1. The fourth-order valence-corrected chi connectivity index (χ4v) is 1.88. The van der Waals surface area contributed by atoms with Gasteiger partial charge in [0, 0.05) is 11.3 Å². The summed E-state index contributed by atoms with van der Waals surface area (Å²) in [7, 11) is 0. The number of hydrogen-bond acceptors (Lipinski definition) is 2. The first-order chi connectivity index (χ1) is 7.76. The van der Waals surface area contributed by atoms with Crippen molar-refractivity contribution < 1.29 is 0 Å². The third-order valence-corrected chi connectivity index (χ3v) is 2.77. The summed E-state index contributed by atoms with van der Waals surface area (Å²) < 4.78 is 0. The van der Waals surface area contributed by atoms with Gasteiger partial charge in [0.15, 0.2) is 0 Å². The van der Waals surface area contributed by atoms with E-state index in [0.29, 0.717) is 6.54 Å². The number of H-pyrrole nitrogens is 1. The number of aromatic nitrogens is 2. The summed E-state index contributed by atoms with van der Waals surface area (Å²) in [5.74, 6) is 0.857. The second-order valence-corrected chi connectivity index (χ2v) is 3.88. The highest BCUT2D eigenvalue weighted by Gasteiger charge is 2.11. The average molecular weight is 215 g/mol. The zero-order chi connectivity index (χ0) is 11.5. The summed E-state index contributed by atoms with van der Waals surface area (Å²) in [5.41, 5.74) is 10.2. The van der Waals surface area contributed by atoms with E-state index in [2.05, 4.69) is 35.9 Å². The Morgan fingerprint density at radius 1 is 1.31 bits per heavy atom. The molecular weight excluding hydrogens is 198 g/mol. The van der Waals surface area contributed by atoms with Gasteiger partial charge >= 0.3 is 0 Å². The second kappa shape index (κ2) is 4.49. The SMILES string of the molecule is CCc1[nH]c(CN)nc1-c1ccccc1C. The Labute approximate surface area is 95.7 Å². The molecule has 0 bridgehead atoms. The molecule has 84 valence electrons. The monoisotopic (exact) mass is 215 g/mol. The lowest BCUT2D eigenvalue weighted by Crippen LogP contribution is -1.98. The summed E-state index contributed by atoms with van der Waals surface area (Å²) in [4.78, 5) is 7.82. The van der Waals surface area contributed by atoms with E-state index in [1.807, 2.05) is 12.1 Å². The van der Waals surface area contributed by atoms with Crippen LogP contribution in [0.15, 0.2) is 24.3 Å². The quantitative estimate of drug-likeness (QED) is 0.826. The number of rotatable bonds is 3. The summed E-state index contributed by atoms with van der Waals surface area (Å²) in [5, 5.41) is 0. The van der Waals surface area contributed by atoms with Gasteiger partial charge in [0.2, 0.25) is 0 Å². The molecule has 0 aliphatic rings. The zero-order valence-electron chi connectivity index (χ0n) is 9.75. The lowest BCUT2D eigenvalue weighted by atomic mass is 10.0. The highest BCUT2D eigenvalue weighted by atomic mass is 15.0. The summed E-state index contributed by atoms with van der Waals surface area (Å²) in [6.45, 7) is 4.68. The molecule has 3 heteroatoms. The largest absolute Gasteiger partial charge is 0.344 e. The number of nitrogens with one attached hydrogen (secondary N) is 1. The second-order valence-electron chi connectivity index (χ2n) is 3.88. The van der Waals surface area contributed by atoms with Gasteiger partial charge in [0.25, 0.3) is 0 Å². The lowest BCUT2D eigenvalue weighted by molar-refractivity contribution is 0.932. The molecule has 0 saturated carbocycles. The molecule has 0 spiro atoms. The molecule has 0 radical (unpaired) electrons. The van der Waals surface area contributed by atoms with Gasteiger partial charge in [-0.1, -0.05) is 31.2 Å². The van der Waals surface area contributed by atoms with Crippen molar-refractivity contribution in [2.24, 2.45) is 5.73 Å². The summed E-state index contributed by atoms with van der Waals surface area (Å²) in [6, 6.07) is 8.29. The molecule has 1 aromatic heterocycles. The van der Waals surface area contributed by atoms with Crippen LogP contribution in [0.4, 0.5) is 0 Å². The van der Waals surface area contributed by atoms with Crippen LogP contribution in [0.25, 0.3) is 11.3 Å². The molecule has 3 N–H and O–H groups in total. The molecule has 3 nitrogen and oxygen atoms in total. The van der Waals surface area contributed by atoms with E-state index in [-0.39, 0.29) is 0 Å². The lowest BCUT2D eigenvalue weighted by Gasteiger charge is -2.03. The fourth-order valence-electron chi connectivity index (χ4n) is 1.88. The van der Waals surface area contributed by atoms with Crippen LogP contribution in [0, 0.1) is 6.92 Å². The van der Waals surface area contributed by atoms with E-state index in [1.54, 1.807) is 0 Å². The Bertz CT molecular complexity index is 486. The Morgan fingerprint density at radius 3 is 2.69 bits per heavy atom. The predicted molar refractivity (Wildman–Crippen MR) is 66.0 cm³/mol. The van der Waals surface area contributed by atoms with Crippen molar-refractivity contribution in [3.8, 4) is 11.3 Å². The smallest absolute Gasteiger partial charge is 0.120 e. The summed E-state index contributed by atoms with van der Waals surface area (Å²) in [6.07, 6.45) is 0.941. The molecular formula is C13H17N3. The first-order valence-corrected chi connectivity index (χ1v) is 5.60. The van der Waals surface area contributed by atoms with Gasteiger partial charge < -0.3 is 10.7 Å². The maximum absolute atomic E-state index is 5.61. The molecule has 0 aliphatic heterocycles.